The van der Waals surface area contributed by atoms with Crippen molar-refractivity contribution in [1.29, 1.82) is 0 Å². The van der Waals surface area contributed by atoms with Gasteiger partial charge in [0, 0.05) is 30.6 Å². The molecule has 2 N–H and O–H groups in total. The van der Waals surface area contributed by atoms with Gasteiger partial charge >= 0.3 is 0 Å². The van der Waals surface area contributed by atoms with E-state index in [1.165, 1.54) is 0 Å². The molecule has 0 aliphatic carbocycles. The maximum absolute atomic E-state index is 12.3. The second kappa shape index (κ2) is 7.29. The van der Waals surface area contributed by atoms with E-state index in [4.69, 9.17) is 0 Å². The van der Waals surface area contributed by atoms with E-state index in [2.05, 4.69) is 39.4 Å². The van der Waals surface area contributed by atoms with E-state index in [9.17, 15) is 4.79 Å². The molecule has 2 aromatic heterocycles. The van der Waals surface area contributed by atoms with Crippen LogP contribution >= 0.6 is 0 Å². The number of anilines is 1. The summed E-state index contributed by atoms with van der Waals surface area (Å²) in [6, 6.07) is 7.55. The number of hydrogen-bond acceptors (Lipinski definition) is 4. The van der Waals surface area contributed by atoms with Crippen molar-refractivity contribution < 1.29 is 4.79 Å². The fourth-order valence-corrected chi connectivity index (χ4v) is 2.46. The largest absolute Gasteiger partial charge is 0.325 e. The third kappa shape index (κ3) is 4.12. The fraction of sp³-hybridized carbons (Fsp3) is 0.333. The van der Waals surface area contributed by atoms with E-state index in [-0.39, 0.29) is 11.8 Å². The van der Waals surface area contributed by atoms with E-state index in [1.54, 1.807) is 10.9 Å². The lowest BCUT2D eigenvalue weighted by molar-refractivity contribution is -0.116. The molecule has 0 atom stereocenters. The number of hydrogen-bond donors (Lipinski definition) is 2. The van der Waals surface area contributed by atoms with Gasteiger partial charge < -0.3 is 5.32 Å². The second-order valence-corrected chi connectivity index (χ2v) is 6.32. The van der Waals surface area contributed by atoms with Crippen molar-refractivity contribution in [3.63, 3.8) is 0 Å². The monoisotopic (exact) mass is 338 g/mol. The Bertz CT molecular complexity index is 864. The Morgan fingerprint density at radius 3 is 2.80 bits per heavy atom. The van der Waals surface area contributed by atoms with Crippen LogP contribution in [0.3, 0.4) is 0 Å². The van der Waals surface area contributed by atoms with Gasteiger partial charge in [0.05, 0.1) is 11.9 Å². The second-order valence-electron chi connectivity index (χ2n) is 6.32. The van der Waals surface area contributed by atoms with Crippen LogP contribution in [0.1, 0.15) is 37.6 Å². The maximum atomic E-state index is 12.3. The van der Waals surface area contributed by atoms with Gasteiger partial charge in [-0.05, 0) is 24.6 Å². The van der Waals surface area contributed by atoms with E-state index >= 15 is 0 Å². The molecule has 0 bridgehead atoms. The van der Waals surface area contributed by atoms with Crippen molar-refractivity contribution in [2.24, 2.45) is 0 Å². The van der Waals surface area contributed by atoms with Crippen molar-refractivity contribution >= 4 is 11.6 Å². The van der Waals surface area contributed by atoms with Crippen molar-refractivity contribution in [3.05, 3.63) is 48.0 Å². The highest BCUT2D eigenvalue weighted by Gasteiger charge is 2.13. The first-order chi connectivity index (χ1) is 12.0. The summed E-state index contributed by atoms with van der Waals surface area (Å²) < 4.78 is 1.77. The Labute approximate surface area is 146 Å². The number of aromatic amines is 1. The molecule has 0 aliphatic rings. The highest BCUT2D eigenvalue weighted by atomic mass is 16.1. The van der Waals surface area contributed by atoms with Crippen molar-refractivity contribution in [2.45, 2.75) is 39.7 Å². The number of amides is 1. The summed E-state index contributed by atoms with van der Waals surface area (Å²) in [5, 5.41) is 14.4. The van der Waals surface area contributed by atoms with Crippen LogP contribution in [-0.2, 0) is 11.3 Å². The molecule has 0 spiro atoms. The zero-order valence-electron chi connectivity index (χ0n) is 14.7. The van der Waals surface area contributed by atoms with Crippen molar-refractivity contribution in [1.82, 2.24) is 25.0 Å². The molecule has 1 amide bonds. The van der Waals surface area contributed by atoms with Crippen LogP contribution in [0.5, 0.6) is 0 Å². The zero-order chi connectivity index (χ0) is 17.8. The molecule has 0 saturated heterocycles. The molecule has 130 valence electrons. The van der Waals surface area contributed by atoms with Crippen LogP contribution in [0.2, 0.25) is 0 Å². The van der Waals surface area contributed by atoms with Gasteiger partial charge in [-0.3, -0.25) is 14.6 Å². The molecule has 0 fully saturated rings. The predicted octanol–water partition coefficient (Wildman–Crippen LogP) is 3.13. The van der Waals surface area contributed by atoms with Crippen LogP contribution in [-0.4, -0.2) is 30.9 Å². The summed E-state index contributed by atoms with van der Waals surface area (Å²) >= 11 is 0. The molecule has 0 unspecified atom stereocenters. The molecule has 3 aromatic rings. The number of aromatic nitrogens is 5. The van der Waals surface area contributed by atoms with Crippen molar-refractivity contribution in [3.8, 4) is 11.4 Å². The van der Waals surface area contributed by atoms with Gasteiger partial charge in [0.1, 0.15) is 5.82 Å². The summed E-state index contributed by atoms with van der Waals surface area (Å²) in [7, 11) is 0. The Balaban J connectivity index is 1.70. The van der Waals surface area contributed by atoms with Gasteiger partial charge in [0.15, 0.2) is 5.82 Å². The minimum atomic E-state index is -0.0692. The molecule has 25 heavy (non-hydrogen) atoms. The predicted molar refractivity (Wildman–Crippen MR) is 96.1 cm³/mol. The van der Waals surface area contributed by atoms with E-state index in [0.29, 0.717) is 24.5 Å². The Morgan fingerprint density at radius 2 is 2.12 bits per heavy atom. The first-order valence-electron chi connectivity index (χ1n) is 8.33. The molecule has 7 heteroatoms. The first kappa shape index (κ1) is 16.9. The maximum Gasteiger partial charge on any atom is 0.226 e. The highest BCUT2D eigenvalue weighted by molar-refractivity contribution is 5.94. The Morgan fingerprint density at radius 1 is 1.32 bits per heavy atom. The first-order valence-corrected chi connectivity index (χ1v) is 8.33. The summed E-state index contributed by atoms with van der Waals surface area (Å²) in [6.45, 7) is 6.62. The molecular formula is C18H22N6O. The SMILES string of the molecule is Cc1cnn(CCC(=O)Nc2ccccc2-c2n[nH]c(C(C)C)n2)c1. The molecule has 0 saturated carbocycles. The minimum absolute atomic E-state index is 0.0692. The van der Waals surface area contributed by atoms with Gasteiger partial charge in [-0.1, -0.05) is 26.0 Å². The van der Waals surface area contributed by atoms with E-state index in [0.717, 1.165) is 17.0 Å². The summed E-state index contributed by atoms with van der Waals surface area (Å²) in [5.74, 6) is 1.60. The molecule has 1 aromatic carbocycles. The number of rotatable bonds is 6. The standard InChI is InChI=1S/C18H22N6O/c1-12(2)17-21-18(23-22-17)14-6-4-5-7-15(14)20-16(25)8-9-24-11-13(3)10-19-24/h4-7,10-12H,8-9H2,1-3H3,(H,20,25)(H,21,22,23). The lowest BCUT2D eigenvalue weighted by Gasteiger charge is -2.09. The topological polar surface area (TPSA) is 88.5 Å². The number of H-pyrrole nitrogens is 1. The Kier molecular flexibility index (Phi) is 4.92. The van der Waals surface area contributed by atoms with Crippen LogP contribution in [0.25, 0.3) is 11.4 Å². The van der Waals surface area contributed by atoms with Crippen LogP contribution < -0.4 is 5.32 Å². The molecule has 0 radical (unpaired) electrons. The lowest BCUT2D eigenvalue weighted by atomic mass is 10.1. The molecule has 7 nitrogen and oxygen atoms in total. The van der Waals surface area contributed by atoms with Crippen LogP contribution in [0.4, 0.5) is 5.69 Å². The normalized spacial score (nSPS) is 11.0. The van der Waals surface area contributed by atoms with Crippen LogP contribution in [0, 0.1) is 6.92 Å². The summed E-state index contributed by atoms with van der Waals surface area (Å²) in [5.41, 5.74) is 2.59. The highest BCUT2D eigenvalue weighted by Crippen LogP contribution is 2.26. The molecule has 3 rings (SSSR count). The number of para-hydroxylation sites is 1. The minimum Gasteiger partial charge on any atom is -0.325 e. The number of carbonyl (C=O) groups is 1. The average Bonchev–Trinajstić information content (AvgIpc) is 3.23. The average molecular weight is 338 g/mol. The molecule has 2 heterocycles. The number of benzene rings is 1. The van der Waals surface area contributed by atoms with E-state index < -0.39 is 0 Å². The third-order valence-corrected chi connectivity index (χ3v) is 3.82. The zero-order valence-corrected chi connectivity index (χ0v) is 14.7. The van der Waals surface area contributed by atoms with Crippen LogP contribution in [0.15, 0.2) is 36.7 Å². The number of carbonyl (C=O) groups excluding carboxylic acids is 1. The Hall–Kier alpha value is -2.96. The van der Waals surface area contributed by atoms with Gasteiger partial charge in [-0.15, -0.1) is 0 Å². The van der Waals surface area contributed by atoms with Crippen molar-refractivity contribution in [2.75, 3.05) is 5.32 Å². The van der Waals surface area contributed by atoms with E-state index in [1.807, 2.05) is 37.4 Å². The fourth-order valence-electron chi connectivity index (χ4n) is 2.46. The smallest absolute Gasteiger partial charge is 0.226 e. The lowest BCUT2D eigenvalue weighted by Crippen LogP contribution is -2.15. The van der Waals surface area contributed by atoms with Gasteiger partial charge in [0.25, 0.3) is 0 Å². The number of nitrogens with zero attached hydrogens (tertiary/aromatic N) is 4. The number of aryl methyl sites for hydroxylation is 2. The van der Waals surface area contributed by atoms with Gasteiger partial charge in [0.2, 0.25) is 5.91 Å². The molecular weight excluding hydrogens is 316 g/mol. The third-order valence-electron chi connectivity index (χ3n) is 3.82. The number of nitrogens with one attached hydrogen (secondary N) is 2. The summed E-state index contributed by atoms with van der Waals surface area (Å²) in [6.07, 6.45) is 4.05. The van der Waals surface area contributed by atoms with Gasteiger partial charge in [-0.25, -0.2) is 4.98 Å². The molecule has 0 aliphatic heterocycles. The quantitative estimate of drug-likeness (QED) is 0.723. The van der Waals surface area contributed by atoms with Gasteiger partial charge in [-0.2, -0.15) is 10.2 Å². The summed E-state index contributed by atoms with van der Waals surface area (Å²) in [4.78, 5) is 16.8.